The molecule has 0 amide bonds. The number of rotatable bonds is 6. The Labute approximate surface area is 139 Å². The molecule has 0 aliphatic rings. The number of hydrogen-bond acceptors (Lipinski definition) is 6. The Hall–Kier alpha value is -1.73. The molecule has 8 heteroatoms. The highest BCUT2D eigenvalue weighted by atomic mass is 35.5. The molecule has 0 atom stereocenters. The molecule has 0 N–H and O–H groups in total. The lowest BCUT2D eigenvalue weighted by atomic mass is 10.0. The third kappa shape index (κ3) is 3.61. The summed E-state index contributed by atoms with van der Waals surface area (Å²) in [5, 5.41) is 0.576. The summed E-state index contributed by atoms with van der Waals surface area (Å²) in [6.07, 6.45) is 0.362. The van der Waals surface area contributed by atoms with Crippen LogP contribution in [-0.2, 0) is 16.5 Å². The fourth-order valence-corrected chi connectivity index (χ4v) is 2.91. The van der Waals surface area contributed by atoms with Crippen molar-refractivity contribution in [2.75, 3.05) is 18.7 Å². The van der Waals surface area contributed by atoms with Crippen molar-refractivity contribution < 1.29 is 21.8 Å². The number of alkyl halides is 1. The minimum atomic E-state index is -3.71. The van der Waals surface area contributed by atoms with E-state index in [-0.39, 0.29) is 23.1 Å². The van der Waals surface area contributed by atoms with E-state index in [0.29, 0.717) is 28.5 Å². The van der Waals surface area contributed by atoms with Crippen molar-refractivity contribution in [1.82, 2.24) is 0 Å². The Morgan fingerprint density at radius 3 is 2.52 bits per heavy atom. The normalized spacial score (nSPS) is 11.7. The van der Waals surface area contributed by atoms with Gasteiger partial charge in [-0.05, 0) is 31.9 Å². The highest BCUT2D eigenvalue weighted by molar-refractivity contribution is 7.87. The summed E-state index contributed by atoms with van der Waals surface area (Å²) in [5.74, 6) is 0.327. The Morgan fingerprint density at radius 1 is 1.26 bits per heavy atom. The van der Waals surface area contributed by atoms with Gasteiger partial charge in [0.2, 0.25) is 0 Å². The topological polar surface area (TPSA) is 82.8 Å². The molecule has 0 fully saturated rings. The average Bonchev–Trinajstić information content (AvgIpc) is 2.51. The van der Waals surface area contributed by atoms with Gasteiger partial charge in [0.15, 0.2) is 11.5 Å². The van der Waals surface area contributed by atoms with Crippen molar-refractivity contribution >= 4 is 32.7 Å². The molecular formula is C15H17ClO6S. The molecule has 0 bridgehead atoms. The molecule has 2 rings (SSSR count). The molecule has 0 radical (unpaired) electrons. The smallest absolute Gasteiger partial charge is 0.339 e. The Morgan fingerprint density at radius 2 is 1.96 bits per heavy atom. The fourth-order valence-electron chi connectivity index (χ4n) is 2.20. The lowest BCUT2D eigenvalue weighted by Crippen LogP contribution is -2.13. The minimum absolute atomic E-state index is 0.0515. The van der Waals surface area contributed by atoms with Crippen LogP contribution in [0.1, 0.15) is 18.1 Å². The number of fused-ring (bicyclic) bond motifs is 1. The first-order valence-corrected chi connectivity index (χ1v) is 9.06. The molecule has 0 spiro atoms. The number of benzene rings is 1. The summed E-state index contributed by atoms with van der Waals surface area (Å²) >= 11 is 5.71. The third-order valence-electron chi connectivity index (χ3n) is 3.49. The van der Waals surface area contributed by atoms with Crippen molar-refractivity contribution in [3.05, 3.63) is 33.7 Å². The molecule has 0 unspecified atom stereocenters. The van der Waals surface area contributed by atoms with Crippen LogP contribution in [0.25, 0.3) is 11.0 Å². The molecule has 1 aromatic carbocycles. The van der Waals surface area contributed by atoms with E-state index in [2.05, 4.69) is 0 Å². The SMILES string of the molecule is CCS(=O)(=O)Oc1cc2c(C)c(CCCl)c(=O)oc2cc1OC. The van der Waals surface area contributed by atoms with Crippen LogP contribution in [0.4, 0.5) is 0 Å². The minimum Gasteiger partial charge on any atom is -0.493 e. The van der Waals surface area contributed by atoms with E-state index in [9.17, 15) is 13.2 Å². The lowest BCUT2D eigenvalue weighted by molar-refractivity contribution is 0.390. The van der Waals surface area contributed by atoms with Gasteiger partial charge in [-0.3, -0.25) is 0 Å². The van der Waals surface area contributed by atoms with Crippen LogP contribution in [0.5, 0.6) is 11.5 Å². The van der Waals surface area contributed by atoms with Crippen LogP contribution in [-0.4, -0.2) is 27.2 Å². The first kappa shape index (κ1) is 17.6. The Balaban J connectivity index is 2.72. The molecule has 23 heavy (non-hydrogen) atoms. The molecule has 6 nitrogen and oxygen atoms in total. The maximum Gasteiger partial charge on any atom is 0.339 e. The van der Waals surface area contributed by atoms with Crippen molar-refractivity contribution in [2.24, 2.45) is 0 Å². The van der Waals surface area contributed by atoms with Crippen LogP contribution in [0, 0.1) is 6.92 Å². The molecule has 1 aromatic heterocycles. The number of aryl methyl sites for hydroxylation is 1. The summed E-state index contributed by atoms with van der Waals surface area (Å²) in [6.45, 7) is 3.23. The number of hydrogen-bond donors (Lipinski definition) is 0. The van der Waals surface area contributed by atoms with Crippen molar-refractivity contribution in [3.63, 3.8) is 0 Å². The van der Waals surface area contributed by atoms with Crippen LogP contribution in [0.15, 0.2) is 21.3 Å². The predicted molar refractivity (Wildman–Crippen MR) is 88.3 cm³/mol. The van der Waals surface area contributed by atoms with E-state index >= 15 is 0 Å². The highest BCUT2D eigenvalue weighted by Crippen LogP contribution is 2.34. The molecular weight excluding hydrogens is 344 g/mol. The van der Waals surface area contributed by atoms with Crippen LogP contribution in [0.3, 0.4) is 0 Å². The highest BCUT2D eigenvalue weighted by Gasteiger charge is 2.18. The van der Waals surface area contributed by atoms with E-state index in [1.54, 1.807) is 6.92 Å². The zero-order chi connectivity index (χ0) is 17.2. The van der Waals surface area contributed by atoms with E-state index < -0.39 is 15.7 Å². The maximum atomic E-state index is 12.0. The first-order valence-electron chi connectivity index (χ1n) is 6.95. The second-order valence-corrected chi connectivity index (χ2v) is 7.10. The molecule has 0 aliphatic heterocycles. The van der Waals surface area contributed by atoms with E-state index in [4.69, 9.17) is 24.9 Å². The van der Waals surface area contributed by atoms with Gasteiger partial charge in [0.25, 0.3) is 0 Å². The van der Waals surface area contributed by atoms with Crippen molar-refractivity contribution in [2.45, 2.75) is 20.3 Å². The van der Waals surface area contributed by atoms with Gasteiger partial charge < -0.3 is 13.3 Å². The fraction of sp³-hybridized carbons (Fsp3) is 0.400. The number of ether oxygens (including phenoxy) is 1. The molecule has 0 saturated carbocycles. The second kappa shape index (κ2) is 6.80. The molecule has 0 aliphatic carbocycles. The first-order chi connectivity index (χ1) is 10.8. The summed E-state index contributed by atoms with van der Waals surface area (Å²) in [7, 11) is -2.33. The predicted octanol–water partition coefficient (Wildman–Crippen LogP) is 2.62. The van der Waals surface area contributed by atoms with Gasteiger partial charge in [0.05, 0.1) is 12.9 Å². The summed E-state index contributed by atoms with van der Waals surface area (Å²) < 4.78 is 38.9. The van der Waals surface area contributed by atoms with E-state index in [1.165, 1.54) is 26.2 Å². The van der Waals surface area contributed by atoms with Crippen molar-refractivity contribution in [1.29, 1.82) is 0 Å². The summed E-state index contributed by atoms with van der Waals surface area (Å²) in [4.78, 5) is 12.0. The quantitative estimate of drug-likeness (QED) is 0.447. The van der Waals surface area contributed by atoms with Gasteiger partial charge in [-0.25, -0.2) is 4.79 Å². The van der Waals surface area contributed by atoms with Gasteiger partial charge in [-0.2, -0.15) is 8.42 Å². The monoisotopic (exact) mass is 360 g/mol. The molecule has 126 valence electrons. The van der Waals surface area contributed by atoms with Gasteiger partial charge >= 0.3 is 15.7 Å². The number of halogens is 1. The van der Waals surface area contributed by atoms with Gasteiger partial charge in [-0.1, -0.05) is 0 Å². The maximum absolute atomic E-state index is 12.0. The van der Waals surface area contributed by atoms with Gasteiger partial charge in [-0.15, -0.1) is 11.6 Å². The van der Waals surface area contributed by atoms with E-state index in [0.717, 1.165) is 0 Å². The summed E-state index contributed by atoms with van der Waals surface area (Å²) in [6, 6.07) is 2.94. The molecule has 0 saturated heterocycles. The lowest BCUT2D eigenvalue weighted by Gasteiger charge is -2.13. The zero-order valence-electron chi connectivity index (χ0n) is 13.0. The standard InChI is InChI=1S/C15H17ClO6S/c1-4-23(18,19)22-14-7-11-9(2)10(5-6-16)15(17)21-12(11)8-13(14)20-3/h7-8H,4-6H2,1-3H3. The Bertz CT molecular complexity index is 885. The van der Waals surface area contributed by atoms with Crippen LogP contribution in [0.2, 0.25) is 0 Å². The third-order valence-corrected chi connectivity index (χ3v) is 4.82. The van der Waals surface area contributed by atoms with Gasteiger partial charge in [0, 0.05) is 22.9 Å². The molecule has 2 aromatic rings. The Kier molecular flexibility index (Phi) is 5.21. The zero-order valence-corrected chi connectivity index (χ0v) is 14.6. The van der Waals surface area contributed by atoms with E-state index in [1.807, 2.05) is 0 Å². The largest absolute Gasteiger partial charge is 0.493 e. The average molecular weight is 361 g/mol. The number of methoxy groups -OCH3 is 1. The second-order valence-electron chi connectivity index (χ2n) is 4.86. The van der Waals surface area contributed by atoms with Crippen molar-refractivity contribution in [3.8, 4) is 11.5 Å². The summed E-state index contributed by atoms with van der Waals surface area (Å²) in [5.41, 5.74) is 0.969. The van der Waals surface area contributed by atoms with Crippen LogP contribution >= 0.6 is 11.6 Å². The van der Waals surface area contributed by atoms with Crippen LogP contribution < -0.4 is 14.5 Å². The molecule has 1 heterocycles. The van der Waals surface area contributed by atoms with Gasteiger partial charge in [0.1, 0.15) is 5.58 Å².